The van der Waals surface area contributed by atoms with Gasteiger partial charge in [0.2, 0.25) is 5.91 Å². The Hall–Kier alpha value is -3.03. The fourth-order valence-corrected chi connectivity index (χ4v) is 5.20. The van der Waals surface area contributed by atoms with Crippen molar-refractivity contribution in [3.63, 3.8) is 0 Å². The van der Waals surface area contributed by atoms with Gasteiger partial charge in [-0.3, -0.25) is 9.59 Å². The Labute approximate surface area is 188 Å². The number of nitrogens with zero attached hydrogens (tertiary/aromatic N) is 2. The van der Waals surface area contributed by atoms with Crippen LogP contribution in [0.15, 0.2) is 72.0 Å². The molecule has 0 radical (unpaired) electrons. The number of fused-ring (bicyclic) bond motifs is 1. The van der Waals surface area contributed by atoms with E-state index in [4.69, 9.17) is 0 Å². The Kier molecular flexibility index (Phi) is 6.44. The highest BCUT2D eigenvalue weighted by Crippen LogP contribution is 2.37. The van der Waals surface area contributed by atoms with Crippen molar-refractivity contribution in [2.75, 3.05) is 5.32 Å². The van der Waals surface area contributed by atoms with Crippen molar-refractivity contribution in [2.24, 2.45) is 0 Å². The van der Waals surface area contributed by atoms with Gasteiger partial charge in [0.1, 0.15) is 16.2 Å². The van der Waals surface area contributed by atoms with Crippen LogP contribution in [0.25, 0.3) is 20.7 Å². The number of nitrogens with one attached hydrogen (secondary N) is 1. The highest BCUT2D eigenvalue weighted by Gasteiger charge is 2.21. The van der Waals surface area contributed by atoms with E-state index in [-0.39, 0.29) is 16.9 Å². The number of benzene rings is 2. The molecule has 4 aromatic rings. The molecule has 4 rings (SSSR count). The zero-order valence-electron chi connectivity index (χ0n) is 17.2. The van der Waals surface area contributed by atoms with E-state index in [2.05, 4.69) is 33.5 Å². The smallest absolute Gasteiger partial charge is 0.237 e. The van der Waals surface area contributed by atoms with Gasteiger partial charge in [0, 0.05) is 21.5 Å². The number of Topliss-reactive ketones (excluding diaryl/α,β-unsaturated/α-hetero) is 1. The topological polar surface area (TPSA) is 72.0 Å². The second-order valence-corrected chi connectivity index (χ2v) is 9.23. The largest absolute Gasteiger partial charge is 0.325 e. The van der Waals surface area contributed by atoms with E-state index in [0.29, 0.717) is 17.7 Å². The number of ketones is 1. The molecule has 0 spiro atoms. The van der Waals surface area contributed by atoms with Crippen LogP contribution >= 0.6 is 23.1 Å². The molecule has 2 aromatic heterocycles. The number of rotatable bonds is 7. The van der Waals surface area contributed by atoms with Crippen LogP contribution in [0.4, 0.5) is 5.69 Å². The number of carbonyl (C=O) groups excluding carboxylic acids is 2. The fraction of sp³-hybridized carbons (Fsp3) is 0.167. The molecule has 0 saturated carbocycles. The molecule has 7 heteroatoms. The van der Waals surface area contributed by atoms with Crippen molar-refractivity contribution in [3.8, 4) is 10.4 Å². The normalized spacial score (nSPS) is 11.9. The molecule has 1 unspecified atom stereocenters. The van der Waals surface area contributed by atoms with Gasteiger partial charge < -0.3 is 5.32 Å². The molecule has 156 valence electrons. The standard InChI is InChI=1S/C24H21N3O2S2/c1-3-20(22(29)27-18-11-9-16(10-12-18)15(2)28)30-23-19-13-21(17-7-5-4-6-8-17)31-24(19)26-14-25-23/h4-14,20H,3H2,1-2H3,(H,27,29). The summed E-state index contributed by atoms with van der Waals surface area (Å²) >= 11 is 3.07. The highest BCUT2D eigenvalue weighted by atomic mass is 32.2. The van der Waals surface area contributed by atoms with Crippen LogP contribution in [0.2, 0.25) is 0 Å². The average molecular weight is 448 g/mol. The second-order valence-electron chi connectivity index (χ2n) is 7.01. The van der Waals surface area contributed by atoms with Gasteiger partial charge in [-0.05, 0) is 49.2 Å². The quantitative estimate of drug-likeness (QED) is 0.211. The summed E-state index contributed by atoms with van der Waals surface area (Å²) in [5.74, 6) is -0.0911. The lowest BCUT2D eigenvalue weighted by molar-refractivity contribution is -0.115. The van der Waals surface area contributed by atoms with Crippen LogP contribution in [0.3, 0.4) is 0 Å². The van der Waals surface area contributed by atoms with Crippen molar-refractivity contribution < 1.29 is 9.59 Å². The van der Waals surface area contributed by atoms with Crippen molar-refractivity contribution in [2.45, 2.75) is 30.5 Å². The molecule has 0 bridgehead atoms. The third-order valence-electron chi connectivity index (χ3n) is 4.83. The maximum absolute atomic E-state index is 12.9. The minimum Gasteiger partial charge on any atom is -0.325 e. The van der Waals surface area contributed by atoms with E-state index >= 15 is 0 Å². The Morgan fingerprint density at radius 3 is 2.48 bits per heavy atom. The molecule has 31 heavy (non-hydrogen) atoms. The lowest BCUT2D eigenvalue weighted by atomic mass is 10.1. The van der Waals surface area contributed by atoms with E-state index < -0.39 is 0 Å². The van der Waals surface area contributed by atoms with Gasteiger partial charge in [0.15, 0.2) is 5.78 Å². The zero-order valence-corrected chi connectivity index (χ0v) is 18.8. The highest BCUT2D eigenvalue weighted by molar-refractivity contribution is 8.00. The Balaban J connectivity index is 1.54. The fourth-order valence-electron chi connectivity index (χ4n) is 3.14. The predicted molar refractivity (Wildman–Crippen MR) is 128 cm³/mol. The van der Waals surface area contributed by atoms with Crippen molar-refractivity contribution in [1.29, 1.82) is 0 Å². The predicted octanol–water partition coefficient (Wildman–Crippen LogP) is 6.07. The molecule has 2 heterocycles. The summed E-state index contributed by atoms with van der Waals surface area (Å²) in [6.07, 6.45) is 2.21. The summed E-state index contributed by atoms with van der Waals surface area (Å²) in [4.78, 5) is 35.2. The SMILES string of the molecule is CCC(Sc1ncnc2sc(-c3ccccc3)cc12)C(=O)Nc1ccc(C(C)=O)cc1. The first-order chi connectivity index (χ1) is 15.0. The van der Waals surface area contributed by atoms with E-state index in [1.54, 1.807) is 41.9 Å². The maximum atomic E-state index is 12.9. The summed E-state index contributed by atoms with van der Waals surface area (Å²) in [5.41, 5.74) is 2.43. The lowest BCUT2D eigenvalue weighted by Gasteiger charge is -2.14. The van der Waals surface area contributed by atoms with Crippen molar-refractivity contribution in [3.05, 3.63) is 72.6 Å². The molecule has 0 fully saturated rings. The molecule has 2 aromatic carbocycles. The van der Waals surface area contributed by atoms with Gasteiger partial charge in [-0.25, -0.2) is 9.97 Å². The number of anilines is 1. The Bertz CT molecular complexity index is 1220. The van der Waals surface area contributed by atoms with E-state index in [9.17, 15) is 9.59 Å². The van der Waals surface area contributed by atoms with Crippen LogP contribution in [-0.2, 0) is 4.79 Å². The Morgan fingerprint density at radius 2 is 1.81 bits per heavy atom. The number of thiophene rings is 1. The van der Waals surface area contributed by atoms with E-state index in [0.717, 1.165) is 25.7 Å². The summed E-state index contributed by atoms with van der Waals surface area (Å²) in [5, 5.41) is 4.42. The number of hydrogen-bond donors (Lipinski definition) is 1. The molecule has 1 N–H and O–H groups in total. The minimum absolute atomic E-state index is 0.00159. The molecule has 1 amide bonds. The molecular formula is C24H21N3O2S2. The number of hydrogen-bond acceptors (Lipinski definition) is 6. The van der Waals surface area contributed by atoms with Crippen LogP contribution in [0, 0.1) is 0 Å². The molecular weight excluding hydrogens is 426 g/mol. The number of amides is 1. The first kappa shape index (κ1) is 21.2. The van der Waals surface area contributed by atoms with Gasteiger partial charge in [-0.2, -0.15) is 0 Å². The van der Waals surface area contributed by atoms with Gasteiger partial charge >= 0.3 is 0 Å². The van der Waals surface area contributed by atoms with Crippen LogP contribution in [0.1, 0.15) is 30.6 Å². The molecule has 0 saturated heterocycles. The van der Waals surface area contributed by atoms with Crippen LogP contribution < -0.4 is 5.32 Å². The van der Waals surface area contributed by atoms with Gasteiger partial charge in [0.25, 0.3) is 0 Å². The zero-order chi connectivity index (χ0) is 21.8. The maximum Gasteiger partial charge on any atom is 0.237 e. The summed E-state index contributed by atoms with van der Waals surface area (Å²) < 4.78 is 0. The first-order valence-electron chi connectivity index (χ1n) is 9.93. The molecule has 1 atom stereocenters. The number of thioether (sulfide) groups is 1. The third-order valence-corrected chi connectivity index (χ3v) is 7.30. The summed E-state index contributed by atoms with van der Waals surface area (Å²) in [7, 11) is 0. The monoisotopic (exact) mass is 447 g/mol. The molecule has 5 nitrogen and oxygen atoms in total. The number of aromatic nitrogens is 2. The third kappa shape index (κ3) is 4.84. The van der Waals surface area contributed by atoms with Gasteiger partial charge in [0.05, 0.1) is 5.25 Å². The second kappa shape index (κ2) is 9.41. The summed E-state index contributed by atoms with van der Waals surface area (Å²) in [6.45, 7) is 3.50. The van der Waals surface area contributed by atoms with Crippen LogP contribution in [0.5, 0.6) is 0 Å². The first-order valence-corrected chi connectivity index (χ1v) is 11.6. The Morgan fingerprint density at radius 1 is 1.06 bits per heavy atom. The summed E-state index contributed by atoms with van der Waals surface area (Å²) in [6, 6.07) is 19.2. The average Bonchev–Trinajstić information content (AvgIpc) is 3.23. The number of carbonyl (C=O) groups is 2. The molecule has 0 aliphatic rings. The van der Waals surface area contributed by atoms with Crippen molar-refractivity contribution in [1.82, 2.24) is 9.97 Å². The van der Waals surface area contributed by atoms with Gasteiger partial charge in [-0.1, -0.05) is 49.0 Å². The van der Waals surface area contributed by atoms with E-state index in [1.807, 2.05) is 25.1 Å². The van der Waals surface area contributed by atoms with E-state index in [1.165, 1.54) is 18.7 Å². The van der Waals surface area contributed by atoms with Gasteiger partial charge in [-0.15, -0.1) is 11.3 Å². The molecule has 0 aliphatic heterocycles. The van der Waals surface area contributed by atoms with Crippen LogP contribution in [-0.4, -0.2) is 26.9 Å². The van der Waals surface area contributed by atoms with Crippen molar-refractivity contribution >= 4 is 50.7 Å². The minimum atomic E-state index is -0.300. The molecule has 0 aliphatic carbocycles. The lowest BCUT2D eigenvalue weighted by Crippen LogP contribution is -2.24.